The molecule has 0 heterocycles. The van der Waals surface area contributed by atoms with E-state index in [1.165, 1.54) is 315 Å². The lowest BCUT2D eigenvalue weighted by Gasteiger charge is -2.35. The minimum atomic E-state index is -0.859. The van der Waals surface area contributed by atoms with Crippen LogP contribution in [-0.2, 0) is 4.74 Å². The molecule has 3 nitrogen and oxygen atoms in total. The van der Waals surface area contributed by atoms with Gasteiger partial charge in [0.1, 0.15) is 12.7 Å². The van der Waals surface area contributed by atoms with Crippen LogP contribution in [0.15, 0.2) is 0 Å². The van der Waals surface area contributed by atoms with E-state index in [9.17, 15) is 10.2 Å². The van der Waals surface area contributed by atoms with Crippen molar-refractivity contribution in [3.05, 3.63) is 0 Å². The van der Waals surface area contributed by atoms with Gasteiger partial charge in [0.2, 0.25) is 0 Å². The summed E-state index contributed by atoms with van der Waals surface area (Å²) >= 11 is 6.17. The Hall–Kier alpha value is -0.190. The van der Waals surface area contributed by atoms with Gasteiger partial charge >= 0.3 is 0 Å². The molecule has 0 fully saturated rings. The minimum absolute atomic E-state index is 0.0774. The summed E-state index contributed by atoms with van der Waals surface area (Å²) in [5.41, 5.74) is -0.0774. The van der Waals surface area contributed by atoms with E-state index in [-0.39, 0.29) is 18.6 Å². The first-order valence-corrected chi connectivity index (χ1v) is 30.4. The fraction of sp³-hybridized carbons (Fsp3) is 0.983. The smallest absolute Gasteiger partial charge is 0.165 e. The fourth-order valence-electron chi connectivity index (χ4n) is 10.3. The standard InChI is InChI=1S/C60H120O3S/c1-4-7-10-13-16-19-22-25-28-31-34-37-40-43-46-49-52-55-60(59(64)63-57-58(62)56-61,53-50-47-44-41-38-35-32-29-26-23-20-17-14-11-8-5-2)54-51-48-45-42-39-36-33-30-27-24-21-18-15-12-9-6-3/h58,61-62H,4-57H2,1-3H3. The molecular formula is C60H120O3S. The average molecular weight is 922 g/mol. The first-order chi connectivity index (χ1) is 31.6. The lowest BCUT2D eigenvalue weighted by molar-refractivity contribution is 0.0439. The van der Waals surface area contributed by atoms with Gasteiger partial charge < -0.3 is 14.9 Å². The Bertz CT molecular complexity index is 841. The maximum absolute atomic E-state index is 10.2. The van der Waals surface area contributed by atoms with Crippen LogP contribution in [0.25, 0.3) is 0 Å². The molecule has 0 radical (unpaired) electrons. The van der Waals surface area contributed by atoms with Crippen LogP contribution in [0, 0.1) is 5.41 Å². The highest BCUT2D eigenvalue weighted by molar-refractivity contribution is 7.80. The molecule has 64 heavy (non-hydrogen) atoms. The van der Waals surface area contributed by atoms with Gasteiger partial charge in [0.25, 0.3) is 0 Å². The summed E-state index contributed by atoms with van der Waals surface area (Å²) < 4.78 is 6.22. The molecule has 0 saturated carbocycles. The molecule has 0 aromatic rings. The number of rotatable bonds is 56. The van der Waals surface area contributed by atoms with Gasteiger partial charge in [-0.3, -0.25) is 0 Å². The molecule has 0 aromatic heterocycles. The molecule has 0 bridgehead atoms. The number of hydrogen-bond acceptors (Lipinski definition) is 4. The van der Waals surface area contributed by atoms with Gasteiger partial charge in [-0.05, 0) is 31.5 Å². The largest absolute Gasteiger partial charge is 0.484 e. The zero-order valence-corrected chi connectivity index (χ0v) is 45.3. The second kappa shape index (κ2) is 53.8. The van der Waals surface area contributed by atoms with E-state index in [2.05, 4.69) is 20.8 Å². The van der Waals surface area contributed by atoms with E-state index >= 15 is 0 Å². The van der Waals surface area contributed by atoms with Gasteiger partial charge in [0, 0.05) is 5.41 Å². The summed E-state index contributed by atoms with van der Waals surface area (Å²) in [6, 6.07) is 0. The molecule has 0 saturated heterocycles. The molecule has 0 amide bonds. The Kier molecular flexibility index (Phi) is 53.6. The van der Waals surface area contributed by atoms with Crippen molar-refractivity contribution in [2.24, 2.45) is 5.41 Å². The van der Waals surface area contributed by atoms with Crippen molar-refractivity contribution in [3.63, 3.8) is 0 Å². The van der Waals surface area contributed by atoms with Gasteiger partial charge in [0.05, 0.1) is 6.61 Å². The van der Waals surface area contributed by atoms with Crippen molar-refractivity contribution < 1.29 is 14.9 Å². The summed E-state index contributed by atoms with van der Waals surface area (Å²) in [5.74, 6) is 0. The zero-order valence-electron chi connectivity index (χ0n) is 44.5. The molecule has 0 aliphatic rings. The lowest BCUT2D eigenvalue weighted by Crippen LogP contribution is -2.34. The summed E-state index contributed by atoms with van der Waals surface area (Å²) in [7, 11) is 0. The van der Waals surface area contributed by atoms with E-state index in [0.717, 1.165) is 24.3 Å². The summed E-state index contributed by atoms with van der Waals surface area (Å²) in [6.45, 7) is 6.76. The number of aliphatic hydroxyl groups excluding tert-OH is 2. The monoisotopic (exact) mass is 921 g/mol. The fourth-order valence-corrected chi connectivity index (χ4v) is 10.6. The summed E-state index contributed by atoms with van der Waals surface area (Å²) in [4.78, 5) is 0. The molecule has 0 aliphatic carbocycles. The maximum atomic E-state index is 10.2. The molecule has 384 valence electrons. The van der Waals surface area contributed by atoms with E-state index in [1.807, 2.05) is 0 Å². The Balaban J connectivity index is 4.78. The predicted molar refractivity (Wildman–Crippen MR) is 291 cm³/mol. The van der Waals surface area contributed by atoms with Crippen LogP contribution in [0.3, 0.4) is 0 Å². The average Bonchev–Trinajstić information content (AvgIpc) is 3.30. The van der Waals surface area contributed by atoms with Gasteiger partial charge in [0.15, 0.2) is 5.05 Å². The topological polar surface area (TPSA) is 49.7 Å². The quantitative estimate of drug-likeness (QED) is 0.0471. The van der Waals surface area contributed by atoms with Crippen LogP contribution in [0.4, 0.5) is 0 Å². The second-order valence-electron chi connectivity index (χ2n) is 21.2. The van der Waals surface area contributed by atoms with Crippen LogP contribution in [0.2, 0.25) is 0 Å². The Labute approximate surface area is 409 Å². The highest BCUT2D eigenvalue weighted by Crippen LogP contribution is 2.40. The highest BCUT2D eigenvalue weighted by Gasteiger charge is 2.35. The van der Waals surface area contributed by atoms with E-state index in [1.54, 1.807) is 0 Å². The van der Waals surface area contributed by atoms with Crippen molar-refractivity contribution in [3.8, 4) is 0 Å². The molecule has 1 unspecified atom stereocenters. The second-order valence-corrected chi connectivity index (χ2v) is 21.6. The molecule has 2 N–H and O–H groups in total. The normalized spacial score (nSPS) is 12.4. The maximum Gasteiger partial charge on any atom is 0.165 e. The van der Waals surface area contributed by atoms with Gasteiger partial charge in [-0.1, -0.05) is 335 Å². The summed E-state index contributed by atoms with van der Waals surface area (Å²) in [6.07, 6.45) is 70.8. The highest BCUT2D eigenvalue weighted by atomic mass is 32.1. The number of unbranched alkanes of at least 4 members (excludes halogenated alkanes) is 46. The van der Waals surface area contributed by atoms with E-state index in [4.69, 9.17) is 17.0 Å². The SMILES string of the molecule is CCCCCCCCCCCCCCCCCCCC(CCCCCCCCCCCCCCCCCC)(CCCCCCCCCCCCCCCCCC)C(=S)OCC(O)CO. The van der Waals surface area contributed by atoms with Crippen LogP contribution < -0.4 is 0 Å². The molecule has 0 spiro atoms. The molecule has 4 heteroatoms. The predicted octanol–water partition coefficient (Wildman–Crippen LogP) is 21.0. The molecule has 0 aromatic carbocycles. The Morgan fingerprint density at radius 2 is 0.500 bits per heavy atom. The van der Waals surface area contributed by atoms with Gasteiger partial charge in [-0.15, -0.1) is 0 Å². The van der Waals surface area contributed by atoms with Crippen molar-refractivity contribution >= 4 is 17.3 Å². The van der Waals surface area contributed by atoms with Crippen LogP contribution in [-0.4, -0.2) is 34.6 Å². The molecule has 0 rings (SSSR count). The lowest BCUT2D eigenvalue weighted by atomic mass is 9.74. The van der Waals surface area contributed by atoms with Crippen molar-refractivity contribution in [1.82, 2.24) is 0 Å². The van der Waals surface area contributed by atoms with Crippen molar-refractivity contribution in [1.29, 1.82) is 0 Å². The third-order valence-electron chi connectivity index (χ3n) is 14.8. The van der Waals surface area contributed by atoms with Gasteiger partial charge in [-0.2, -0.15) is 0 Å². The molecular weight excluding hydrogens is 801 g/mol. The molecule has 1 atom stereocenters. The number of aliphatic hydroxyl groups is 2. The van der Waals surface area contributed by atoms with Crippen molar-refractivity contribution in [2.45, 2.75) is 361 Å². The van der Waals surface area contributed by atoms with E-state index < -0.39 is 6.10 Å². The van der Waals surface area contributed by atoms with Crippen LogP contribution in [0.1, 0.15) is 355 Å². The van der Waals surface area contributed by atoms with Crippen LogP contribution >= 0.6 is 12.2 Å². The number of ether oxygens (including phenoxy) is 1. The first kappa shape index (κ1) is 63.8. The Morgan fingerprint density at radius 1 is 0.328 bits per heavy atom. The number of thiocarbonyl (C=S) groups is 1. The van der Waals surface area contributed by atoms with E-state index in [0.29, 0.717) is 0 Å². The summed E-state index contributed by atoms with van der Waals surface area (Å²) in [5, 5.41) is 20.5. The minimum Gasteiger partial charge on any atom is -0.484 e. The van der Waals surface area contributed by atoms with Crippen molar-refractivity contribution in [2.75, 3.05) is 13.2 Å². The molecule has 0 aliphatic heterocycles. The third-order valence-corrected chi connectivity index (χ3v) is 15.4. The first-order valence-electron chi connectivity index (χ1n) is 30.0. The van der Waals surface area contributed by atoms with Crippen LogP contribution in [0.5, 0.6) is 0 Å². The Morgan fingerprint density at radius 3 is 0.672 bits per heavy atom. The third kappa shape index (κ3) is 45.6. The zero-order chi connectivity index (χ0) is 46.5. The number of hydrogen-bond donors (Lipinski definition) is 2. The van der Waals surface area contributed by atoms with Gasteiger partial charge in [-0.25, -0.2) is 0 Å².